The molecule has 0 radical (unpaired) electrons. The molecule has 0 amide bonds. The van der Waals surface area contributed by atoms with Gasteiger partial charge in [0.05, 0.1) is 6.20 Å². The fraction of sp³-hybridized carbons (Fsp3) is 0.438. The van der Waals surface area contributed by atoms with Gasteiger partial charge in [-0.05, 0) is 55.1 Å². The summed E-state index contributed by atoms with van der Waals surface area (Å²) in [7, 11) is 1.93. The van der Waals surface area contributed by atoms with Crippen molar-refractivity contribution in [2.45, 2.75) is 19.8 Å². The molecule has 0 aliphatic rings. The summed E-state index contributed by atoms with van der Waals surface area (Å²) in [6, 6.07) is 6.81. The van der Waals surface area contributed by atoms with E-state index in [0.29, 0.717) is 5.92 Å². The lowest BCUT2D eigenvalue weighted by atomic mass is 9.93. The minimum absolute atomic E-state index is 0.177. The maximum Gasteiger partial charge on any atom is 0.123 e. The van der Waals surface area contributed by atoms with Gasteiger partial charge in [-0.15, -0.1) is 0 Å². The molecule has 1 heterocycles. The van der Waals surface area contributed by atoms with Gasteiger partial charge in [-0.2, -0.15) is 5.10 Å². The number of nitrogens with one attached hydrogen (secondary N) is 1. The van der Waals surface area contributed by atoms with E-state index in [1.807, 2.05) is 30.1 Å². The lowest BCUT2D eigenvalue weighted by Crippen LogP contribution is -2.25. The van der Waals surface area contributed by atoms with Crippen molar-refractivity contribution in [3.8, 4) is 0 Å². The molecule has 108 valence electrons. The van der Waals surface area contributed by atoms with Crippen LogP contribution in [0.1, 0.15) is 18.1 Å². The van der Waals surface area contributed by atoms with Crippen LogP contribution in [0.5, 0.6) is 0 Å². The topological polar surface area (TPSA) is 29.9 Å². The van der Waals surface area contributed by atoms with Gasteiger partial charge in [-0.3, -0.25) is 4.68 Å². The van der Waals surface area contributed by atoms with Crippen molar-refractivity contribution in [3.63, 3.8) is 0 Å². The summed E-state index contributed by atoms with van der Waals surface area (Å²) in [5.74, 6) is 0.314. The van der Waals surface area contributed by atoms with Crippen molar-refractivity contribution in [1.82, 2.24) is 15.1 Å². The highest BCUT2D eigenvalue weighted by molar-refractivity contribution is 5.17. The summed E-state index contributed by atoms with van der Waals surface area (Å²) in [4.78, 5) is 0. The Labute approximate surface area is 119 Å². The zero-order valence-electron chi connectivity index (χ0n) is 12.1. The van der Waals surface area contributed by atoms with Crippen LogP contribution >= 0.6 is 0 Å². The largest absolute Gasteiger partial charge is 0.317 e. The quantitative estimate of drug-likeness (QED) is 0.841. The van der Waals surface area contributed by atoms with Gasteiger partial charge in [0.2, 0.25) is 0 Å². The second-order valence-electron chi connectivity index (χ2n) is 5.23. The maximum absolute atomic E-state index is 13.0. The normalized spacial score (nSPS) is 12.6. The van der Waals surface area contributed by atoms with Crippen LogP contribution < -0.4 is 5.32 Å². The summed E-state index contributed by atoms with van der Waals surface area (Å²) >= 11 is 0. The fourth-order valence-corrected chi connectivity index (χ4v) is 2.43. The van der Waals surface area contributed by atoms with E-state index in [4.69, 9.17) is 0 Å². The lowest BCUT2D eigenvalue weighted by Gasteiger charge is -2.16. The predicted molar refractivity (Wildman–Crippen MR) is 79.0 cm³/mol. The van der Waals surface area contributed by atoms with E-state index in [0.717, 1.165) is 25.9 Å². The van der Waals surface area contributed by atoms with Crippen LogP contribution in [-0.2, 0) is 19.9 Å². The second-order valence-corrected chi connectivity index (χ2v) is 5.23. The molecule has 20 heavy (non-hydrogen) atoms. The number of halogens is 1. The minimum Gasteiger partial charge on any atom is -0.317 e. The Bertz CT molecular complexity index is 519. The van der Waals surface area contributed by atoms with Crippen LogP contribution in [0.2, 0.25) is 0 Å². The molecule has 0 aliphatic carbocycles. The second kappa shape index (κ2) is 7.20. The molecule has 4 heteroatoms. The highest BCUT2D eigenvalue weighted by Crippen LogP contribution is 2.14. The van der Waals surface area contributed by atoms with Crippen LogP contribution in [0.25, 0.3) is 0 Å². The smallest absolute Gasteiger partial charge is 0.123 e. The van der Waals surface area contributed by atoms with Gasteiger partial charge < -0.3 is 5.32 Å². The molecule has 0 aliphatic heterocycles. The van der Waals surface area contributed by atoms with Crippen molar-refractivity contribution in [2.24, 2.45) is 13.0 Å². The van der Waals surface area contributed by atoms with Crippen LogP contribution in [0.3, 0.4) is 0 Å². The monoisotopic (exact) mass is 275 g/mol. The molecule has 1 N–H and O–H groups in total. The number of aryl methyl sites for hydroxylation is 1. The van der Waals surface area contributed by atoms with Crippen molar-refractivity contribution < 1.29 is 4.39 Å². The van der Waals surface area contributed by atoms with E-state index in [1.165, 1.54) is 23.3 Å². The number of hydrogen-bond donors (Lipinski definition) is 1. The lowest BCUT2D eigenvalue weighted by molar-refractivity contribution is 0.477. The Kier molecular flexibility index (Phi) is 5.30. The average Bonchev–Trinajstić information content (AvgIpc) is 2.84. The molecule has 2 rings (SSSR count). The molecule has 0 spiro atoms. The minimum atomic E-state index is -0.177. The molecule has 0 saturated carbocycles. The van der Waals surface area contributed by atoms with Crippen LogP contribution in [0.15, 0.2) is 36.7 Å². The number of nitrogens with zero attached hydrogens (tertiary/aromatic N) is 2. The van der Waals surface area contributed by atoms with Crippen LogP contribution in [0.4, 0.5) is 4.39 Å². The molecule has 2 aromatic rings. The molecular formula is C16H22FN3. The molecule has 3 nitrogen and oxygen atoms in total. The summed E-state index contributed by atoms with van der Waals surface area (Å²) < 4.78 is 14.8. The van der Waals surface area contributed by atoms with Gasteiger partial charge in [0.15, 0.2) is 0 Å². The van der Waals surface area contributed by atoms with Gasteiger partial charge in [0.25, 0.3) is 0 Å². The van der Waals surface area contributed by atoms with Crippen molar-refractivity contribution >= 4 is 0 Å². The fourth-order valence-electron chi connectivity index (χ4n) is 2.43. The molecule has 1 aromatic carbocycles. The summed E-state index contributed by atoms with van der Waals surface area (Å²) in [6.07, 6.45) is 5.91. The van der Waals surface area contributed by atoms with Gasteiger partial charge in [0.1, 0.15) is 5.82 Å². The SMILES string of the molecule is CCNCC(Cc1ccc(F)cc1)Cc1cnn(C)c1. The first kappa shape index (κ1) is 14.7. The highest BCUT2D eigenvalue weighted by atomic mass is 19.1. The molecule has 0 fully saturated rings. The van der Waals surface area contributed by atoms with E-state index in [1.54, 1.807) is 0 Å². The third kappa shape index (κ3) is 4.46. The van der Waals surface area contributed by atoms with Gasteiger partial charge in [0, 0.05) is 13.2 Å². The third-order valence-electron chi connectivity index (χ3n) is 3.40. The van der Waals surface area contributed by atoms with Crippen molar-refractivity contribution in [1.29, 1.82) is 0 Å². The highest BCUT2D eigenvalue weighted by Gasteiger charge is 2.11. The maximum atomic E-state index is 13.0. The standard InChI is InChI=1S/C16H22FN3/c1-3-18-10-14(9-15-11-19-20(2)12-15)8-13-4-6-16(17)7-5-13/h4-7,11-12,14,18H,3,8-10H2,1-2H3. The Hall–Kier alpha value is -1.68. The number of hydrogen-bond acceptors (Lipinski definition) is 2. The first-order valence-corrected chi connectivity index (χ1v) is 7.10. The number of aromatic nitrogens is 2. The van der Waals surface area contributed by atoms with Gasteiger partial charge in [-0.25, -0.2) is 4.39 Å². The molecule has 0 bridgehead atoms. The van der Waals surface area contributed by atoms with Crippen LogP contribution in [0, 0.1) is 11.7 Å². The Morgan fingerprint density at radius 3 is 2.50 bits per heavy atom. The van der Waals surface area contributed by atoms with E-state index < -0.39 is 0 Å². The van der Waals surface area contributed by atoms with E-state index in [2.05, 4.69) is 23.5 Å². The van der Waals surface area contributed by atoms with E-state index in [9.17, 15) is 4.39 Å². The Morgan fingerprint density at radius 2 is 1.90 bits per heavy atom. The summed E-state index contributed by atoms with van der Waals surface area (Å²) in [6.45, 7) is 4.04. The van der Waals surface area contributed by atoms with Gasteiger partial charge >= 0.3 is 0 Å². The molecular weight excluding hydrogens is 253 g/mol. The zero-order valence-corrected chi connectivity index (χ0v) is 12.1. The zero-order chi connectivity index (χ0) is 14.4. The molecule has 1 atom stereocenters. The molecule has 1 unspecified atom stereocenters. The number of rotatable bonds is 7. The Morgan fingerprint density at radius 1 is 1.20 bits per heavy atom. The molecule has 0 saturated heterocycles. The predicted octanol–water partition coefficient (Wildman–Crippen LogP) is 2.57. The average molecular weight is 275 g/mol. The first-order chi connectivity index (χ1) is 9.67. The third-order valence-corrected chi connectivity index (χ3v) is 3.40. The van der Waals surface area contributed by atoms with Crippen molar-refractivity contribution in [3.05, 3.63) is 53.6 Å². The number of benzene rings is 1. The summed E-state index contributed by atoms with van der Waals surface area (Å²) in [5, 5.41) is 7.62. The Balaban J connectivity index is 2.00. The van der Waals surface area contributed by atoms with Gasteiger partial charge in [-0.1, -0.05) is 19.1 Å². The summed E-state index contributed by atoms with van der Waals surface area (Å²) in [5.41, 5.74) is 2.43. The molecule has 1 aromatic heterocycles. The first-order valence-electron chi connectivity index (χ1n) is 7.10. The van der Waals surface area contributed by atoms with Crippen LogP contribution in [-0.4, -0.2) is 22.9 Å². The van der Waals surface area contributed by atoms with E-state index in [-0.39, 0.29) is 5.82 Å². The van der Waals surface area contributed by atoms with Crippen molar-refractivity contribution in [2.75, 3.05) is 13.1 Å². The van der Waals surface area contributed by atoms with E-state index >= 15 is 0 Å².